The molecular formula is C19H15NO5S. The van der Waals surface area contributed by atoms with E-state index in [-0.39, 0.29) is 17.0 Å². The van der Waals surface area contributed by atoms with Crippen molar-refractivity contribution in [2.45, 2.75) is 10.6 Å². The molecule has 0 fully saturated rings. The monoisotopic (exact) mass is 369 g/mol. The molecule has 0 aliphatic rings. The van der Waals surface area contributed by atoms with Crippen molar-refractivity contribution in [1.29, 1.82) is 0 Å². The fourth-order valence-corrected chi connectivity index (χ4v) is 3.17. The minimum atomic E-state index is -1.28. The maximum atomic E-state index is 12.5. The summed E-state index contributed by atoms with van der Waals surface area (Å²) in [7, 11) is 0. The third kappa shape index (κ3) is 4.07. The van der Waals surface area contributed by atoms with Crippen LogP contribution in [0.25, 0.3) is 0 Å². The summed E-state index contributed by atoms with van der Waals surface area (Å²) in [5.41, 5.74) is 0.362. The Bertz CT molecular complexity index is 936. The summed E-state index contributed by atoms with van der Waals surface area (Å²) in [5, 5.41) is 21.2. The van der Waals surface area contributed by atoms with E-state index in [1.807, 2.05) is 30.3 Å². The molecule has 0 radical (unpaired) electrons. The number of hydrogen-bond donors (Lipinski definition) is 3. The van der Waals surface area contributed by atoms with Crippen molar-refractivity contribution in [3.63, 3.8) is 0 Å². The van der Waals surface area contributed by atoms with E-state index in [1.165, 1.54) is 36.2 Å². The predicted octanol–water partition coefficient (Wildman–Crippen LogP) is 4.23. The minimum absolute atomic E-state index is 0.271. The Kier molecular flexibility index (Phi) is 5.28. The highest BCUT2D eigenvalue weighted by Gasteiger charge is 2.17. The van der Waals surface area contributed by atoms with Crippen LogP contribution >= 0.6 is 11.8 Å². The molecule has 0 atom stereocenters. The lowest BCUT2D eigenvalue weighted by Gasteiger charge is -2.07. The van der Waals surface area contributed by atoms with Crippen molar-refractivity contribution in [3.8, 4) is 5.75 Å². The van der Waals surface area contributed by atoms with E-state index in [0.29, 0.717) is 17.1 Å². The fraction of sp³-hybridized carbons (Fsp3) is 0.0526. The van der Waals surface area contributed by atoms with Gasteiger partial charge in [0.1, 0.15) is 17.1 Å². The average molecular weight is 369 g/mol. The van der Waals surface area contributed by atoms with E-state index >= 15 is 0 Å². The topological polar surface area (TPSA) is 99.8 Å². The minimum Gasteiger partial charge on any atom is -0.507 e. The van der Waals surface area contributed by atoms with Crippen LogP contribution in [0, 0.1) is 0 Å². The van der Waals surface area contributed by atoms with Crippen molar-refractivity contribution >= 4 is 29.3 Å². The summed E-state index contributed by atoms with van der Waals surface area (Å²) in [6.07, 6.45) is 1.44. The highest BCUT2D eigenvalue weighted by Crippen LogP contribution is 2.26. The molecule has 0 unspecified atom stereocenters. The number of carboxylic acids is 1. The summed E-state index contributed by atoms with van der Waals surface area (Å²) < 4.78 is 5.41. The van der Waals surface area contributed by atoms with Gasteiger partial charge in [-0.1, -0.05) is 18.2 Å². The van der Waals surface area contributed by atoms with Crippen LogP contribution in [0.5, 0.6) is 5.75 Å². The number of rotatable bonds is 6. The molecule has 7 heteroatoms. The standard InChI is InChI=1S/C19H15NO5S/c21-16-7-6-12(10-15(16)19(23)24)20-18(22)14-8-9-25-17(14)11-26-13-4-2-1-3-5-13/h1-10,21H,11H2,(H,20,22)(H,23,24). The second-order valence-electron chi connectivity index (χ2n) is 5.35. The maximum absolute atomic E-state index is 12.5. The van der Waals surface area contributed by atoms with Gasteiger partial charge in [0.05, 0.1) is 17.6 Å². The molecule has 0 saturated heterocycles. The first-order valence-electron chi connectivity index (χ1n) is 7.66. The largest absolute Gasteiger partial charge is 0.507 e. The van der Waals surface area contributed by atoms with Gasteiger partial charge in [-0.15, -0.1) is 11.8 Å². The first-order chi connectivity index (χ1) is 12.5. The number of aromatic hydroxyl groups is 1. The van der Waals surface area contributed by atoms with Crippen molar-refractivity contribution in [2.75, 3.05) is 5.32 Å². The van der Waals surface area contributed by atoms with E-state index in [1.54, 1.807) is 6.07 Å². The number of carbonyl (C=O) groups excluding carboxylic acids is 1. The Balaban J connectivity index is 1.72. The van der Waals surface area contributed by atoms with Gasteiger partial charge >= 0.3 is 5.97 Å². The Morgan fingerprint density at radius 2 is 1.81 bits per heavy atom. The summed E-state index contributed by atoms with van der Waals surface area (Å²) in [6.45, 7) is 0. The Labute approximate surface area is 153 Å². The molecule has 1 amide bonds. The predicted molar refractivity (Wildman–Crippen MR) is 97.7 cm³/mol. The molecule has 3 N–H and O–H groups in total. The second-order valence-corrected chi connectivity index (χ2v) is 6.40. The number of carboxylic acid groups (broad SMARTS) is 1. The number of anilines is 1. The number of aromatic carboxylic acids is 1. The van der Waals surface area contributed by atoms with Crippen LogP contribution in [0.1, 0.15) is 26.5 Å². The van der Waals surface area contributed by atoms with Gasteiger partial charge in [-0.3, -0.25) is 4.79 Å². The zero-order chi connectivity index (χ0) is 18.5. The zero-order valence-corrected chi connectivity index (χ0v) is 14.3. The van der Waals surface area contributed by atoms with Crippen LogP contribution in [0.3, 0.4) is 0 Å². The summed E-state index contributed by atoms with van der Waals surface area (Å²) in [6, 6.07) is 15.2. The lowest BCUT2D eigenvalue weighted by Crippen LogP contribution is -2.13. The number of furan rings is 1. The van der Waals surface area contributed by atoms with E-state index in [9.17, 15) is 14.7 Å². The van der Waals surface area contributed by atoms with Crippen molar-refractivity contribution in [1.82, 2.24) is 0 Å². The van der Waals surface area contributed by atoms with Gasteiger partial charge in [0.25, 0.3) is 5.91 Å². The molecule has 0 saturated carbocycles. The number of hydrogen-bond acceptors (Lipinski definition) is 5. The van der Waals surface area contributed by atoms with Gasteiger partial charge in [-0.05, 0) is 36.4 Å². The number of carbonyl (C=O) groups is 2. The number of phenols is 1. The lowest BCUT2D eigenvalue weighted by molar-refractivity contribution is 0.0693. The third-order valence-corrected chi connectivity index (χ3v) is 4.60. The molecule has 0 bridgehead atoms. The number of benzene rings is 2. The lowest BCUT2D eigenvalue weighted by atomic mass is 10.1. The molecule has 1 heterocycles. The van der Waals surface area contributed by atoms with Crippen molar-refractivity contribution in [2.24, 2.45) is 0 Å². The highest BCUT2D eigenvalue weighted by atomic mass is 32.2. The summed E-state index contributed by atoms with van der Waals surface area (Å²) in [4.78, 5) is 24.6. The number of nitrogens with one attached hydrogen (secondary N) is 1. The van der Waals surface area contributed by atoms with E-state index in [2.05, 4.69) is 5.32 Å². The SMILES string of the molecule is O=C(O)c1cc(NC(=O)c2ccoc2CSc2ccccc2)ccc1O. The zero-order valence-electron chi connectivity index (χ0n) is 13.5. The second kappa shape index (κ2) is 7.79. The Morgan fingerprint density at radius 1 is 1.04 bits per heavy atom. The van der Waals surface area contributed by atoms with Crippen LogP contribution in [-0.4, -0.2) is 22.1 Å². The molecule has 0 aliphatic carbocycles. The van der Waals surface area contributed by atoms with Crippen molar-refractivity contribution < 1.29 is 24.2 Å². The van der Waals surface area contributed by atoms with Crippen LogP contribution in [-0.2, 0) is 5.75 Å². The van der Waals surface area contributed by atoms with Gasteiger partial charge in [0.2, 0.25) is 0 Å². The third-order valence-electron chi connectivity index (χ3n) is 3.59. The fourth-order valence-electron chi connectivity index (χ4n) is 2.30. The van der Waals surface area contributed by atoms with E-state index in [4.69, 9.17) is 9.52 Å². The Hall–Kier alpha value is -3.19. The highest BCUT2D eigenvalue weighted by molar-refractivity contribution is 7.98. The average Bonchev–Trinajstić information content (AvgIpc) is 3.11. The quantitative estimate of drug-likeness (QED) is 0.444. The van der Waals surface area contributed by atoms with E-state index < -0.39 is 11.9 Å². The molecule has 2 aromatic carbocycles. The van der Waals surface area contributed by atoms with E-state index in [0.717, 1.165) is 4.90 Å². The summed E-state index contributed by atoms with van der Waals surface area (Å²) in [5.74, 6) is -1.05. The van der Waals surface area contributed by atoms with Crippen LogP contribution in [0.4, 0.5) is 5.69 Å². The van der Waals surface area contributed by atoms with Gasteiger partial charge in [-0.25, -0.2) is 4.79 Å². The van der Waals surface area contributed by atoms with Crippen LogP contribution in [0.15, 0.2) is 70.2 Å². The molecule has 1 aromatic heterocycles. The smallest absolute Gasteiger partial charge is 0.339 e. The first kappa shape index (κ1) is 17.6. The molecule has 3 aromatic rings. The molecule has 3 rings (SSSR count). The molecular weight excluding hydrogens is 354 g/mol. The number of thioether (sulfide) groups is 1. The van der Waals surface area contributed by atoms with Gasteiger partial charge < -0.3 is 19.9 Å². The van der Waals surface area contributed by atoms with Gasteiger partial charge in [0.15, 0.2) is 0 Å². The van der Waals surface area contributed by atoms with Gasteiger partial charge in [0, 0.05) is 10.6 Å². The molecule has 0 aliphatic heterocycles. The maximum Gasteiger partial charge on any atom is 0.339 e. The molecule has 6 nitrogen and oxygen atoms in total. The Morgan fingerprint density at radius 3 is 2.54 bits per heavy atom. The molecule has 0 spiro atoms. The molecule has 26 heavy (non-hydrogen) atoms. The number of amides is 1. The molecule has 132 valence electrons. The summed E-state index contributed by atoms with van der Waals surface area (Å²) >= 11 is 1.54. The first-order valence-corrected chi connectivity index (χ1v) is 8.65. The van der Waals surface area contributed by atoms with Crippen LogP contribution < -0.4 is 5.32 Å². The van der Waals surface area contributed by atoms with Crippen molar-refractivity contribution in [3.05, 3.63) is 77.7 Å². The van der Waals surface area contributed by atoms with Gasteiger partial charge in [-0.2, -0.15) is 0 Å². The normalized spacial score (nSPS) is 10.5. The van der Waals surface area contributed by atoms with Crippen LogP contribution in [0.2, 0.25) is 0 Å².